The number of carbonyl (C=O) groups excluding carboxylic acids is 1. The second kappa shape index (κ2) is 5.20. The first kappa shape index (κ1) is 11.9. The maximum Gasteiger partial charge on any atom is 0.305 e. The zero-order valence-corrected chi connectivity index (χ0v) is 10.5. The average Bonchev–Trinajstić information content (AvgIpc) is 2.30. The van der Waals surface area contributed by atoms with E-state index in [9.17, 15) is 4.79 Å². The molecule has 0 radical (unpaired) electrons. The van der Waals surface area contributed by atoms with Crippen LogP contribution in [0.2, 0.25) is 0 Å². The summed E-state index contributed by atoms with van der Waals surface area (Å²) in [6.45, 7) is 1.88. The fourth-order valence-corrected chi connectivity index (χ4v) is 3.52. The van der Waals surface area contributed by atoms with Crippen LogP contribution in [-0.4, -0.2) is 12.1 Å². The van der Waals surface area contributed by atoms with Crippen LogP contribution in [0.5, 0.6) is 0 Å². The zero-order chi connectivity index (χ0) is 11.4. The maximum atomic E-state index is 11.3. The molecule has 2 saturated carbocycles. The van der Waals surface area contributed by atoms with Crippen LogP contribution in [-0.2, 0) is 9.53 Å². The lowest BCUT2D eigenvalue weighted by Crippen LogP contribution is -2.35. The third-order valence-corrected chi connectivity index (χ3v) is 4.39. The third kappa shape index (κ3) is 2.78. The molecule has 0 aromatic rings. The van der Waals surface area contributed by atoms with Gasteiger partial charge in [-0.3, -0.25) is 4.79 Å². The maximum absolute atomic E-state index is 11.3. The van der Waals surface area contributed by atoms with E-state index in [4.69, 9.17) is 4.74 Å². The Morgan fingerprint density at radius 2 is 1.88 bits per heavy atom. The van der Waals surface area contributed by atoms with Gasteiger partial charge in [-0.15, -0.1) is 0 Å². The van der Waals surface area contributed by atoms with Gasteiger partial charge in [-0.25, -0.2) is 0 Å². The van der Waals surface area contributed by atoms with Crippen LogP contribution in [0.15, 0.2) is 0 Å². The lowest BCUT2D eigenvalue weighted by molar-refractivity contribution is -0.152. The molecule has 0 bridgehead atoms. The van der Waals surface area contributed by atoms with Gasteiger partial charge >= 0.3 is 5.97 Å². The Labute approximate surface area is 98.7 Å². The van der Waals surface area contributed by atoms with E-state index in [1.54, 1.807) is 0 Å². The summed E-state index contributed by atoms with van der Waals surface area (Å²) in [5.41, 5.74) is 0.537. The minimum Gasteiger partial charge on any atom is -0.462 e. The second-order valence-electron chi connectivity index (χ2n) is 5.62. The predicted octanol–water partition coefficient (Wildman–Crippen LogP) is 3.83. The molecule has 16 heavy (non-hydrogen) atoms. The van der Waals surface area contributed by atoms with Crippen molar-refractivity contribution in [3.63, 3.8) is 0 Å². The molecule has 1 unspecified atom stereocenters. The quantitative estimate of drug-likeness (QED) is 0.666. The van der Waals surface area contributed by atoms with E-state index < -0.39 is 0 Å². The van der Waals surface area contributed by atoms with Crippen molar-refractivity contribution in [3.8, 4) is 0 Å². The Kier molecular flexibility index (Phi) is 3.88. The summed E-state index contributed by atoms with van der Waals surface area (Å²) in [6, 6.07) is 0. The molecule has 0 aliphatic heterocycles. The Morgan fingerprint density at radius 1 is 1.19 bits per heavy atom. The van der Waals surface area contributed by atoms with Gasteiger partial charge < -0.3 is 4.74 Å². The number of carbonyl (C=O) groups is 1. The third-order valence-electron chi connectivity index (χ3n) is 4.39. The van der Waals surface area contributed by atoms with Crippen LogP contribution in [0, 0.1) is 5.41 Å². The number of hydrogen-bond donors (Lipinski definition) is 0. The van der Waals surface area contributed by atoms with E-state index in [-0.39, 0.29) is 12.1 Å². The smallest absolute Gasteiger partial charge is 0.305 e. The molecule has 2 nitrogen and oxygen atoms in total. The average molecular weight is 224 g/mol. The summed E-state index contributed by atoms with van der Waals surface area (Å²) >= 11 is 0. The van der Waals surface area contributed by atoms with Gasteiger partial charge in [0.1, 0.15) is 6.10 Å². The van der Waals surface area contributed by atoms with Gasteiger partial charge in [0.25, 0.3) is 0 Å². The molecular formula is C14H24O2. The lowest BCUT2D eigenvalue weighted by Gasteiger charge is -2.43. The van der Waals surface area contributed by atoms with Crippen molar-refractivity contribution in [2.45, 2.75) is 77.2 Å². The van der Waals surface area contributed by atoms with Gasteiger partial charge in [-0.05, 0) is 43.9 Å². The molecule has 2 aliphatic rings. The summed E-state index contributed by atoms with van der Waals surface area (Å²) in [6.07, 6.45) is 12.5. The van der Waals surface area contributed by atoms with Crippen molar-refractivity contribution in [1.29, 1.82) is 0 Å². The van der Waals surface area contributed by atoms with Crippen molar-refractivity contribution >= 4 is 5.97 Å². The zero-order valence-electron chi connectivity index (χ0n) is 10.5. The van der Waals surface area contributed by atoms with Gasteiger partial charge in [0.15, 0.2) is 0 Å². The van der Waals surface area contributed by atoms with E-state index in [1.807, 2.05) is 6.92 Å². The summed E-state index contributed by atoms with van der Waals surface area (Å²) in [5, 5.41) is 0. The number of rotatable bonds is 2. The van der Waals surface area contributed by atoms with Crippen molar-refractivity contribution in [2.75, 3.05) is 0 Å². The molecule has 1 spiro atoms. The van der Waals surface area contributed by atoms with Crippen molar-refractivity contribution in [3.05, 3.63) is 0 Å². The summed E-state index contributed by atoms with van der Waals surface area (Å²) in [7, 11) is 0. The topological polar surface area (TPSA) is 26.3 Å². The Bertz CT molecular complexity index is 236. The van der Waals surface area contributed by atoms with E-state index in [0.29, 0.717) is 11.8 Å². The fourth-order valence-electron chi connectivity index (χ4n) is 3.52. The monoisotopic (exact) mass is 224 g/mol. The van der Waals surface area contributed by atoms with Gasteiger partial charge in [0.2, 0.25) is 0 Å². The predicted molar refractivity (Wildman–Crippen MR) is 64.2 cm³/mol. The number of esters is 1. The molecule has 2 heteroatoms. The molecule has 2 rings (SSSR count). The van der Waals surface area contributed by atoms with E-state index in [2.05, 4.69) is 0 Å². The SMILES string of the molecule is CCC(=O)OC1CCCC2(CCCCC2)C1. The molecule has 0 amide bonds. The molecule has 2 fully saturated rings. The van der Waals surface area contributed by atoms with Crippen LogP contribution >= 0.6 is 0 Å². The molecule has 0 N–H and O–H groups in total. The first-order valence-corrected chi connectivity index (χ1v) is 6.94. The Morgan fingerprint density at radius 3 is 2.56 bits per heavy atom. The van der Waals surface area contributed by atoms with Crippen LogP contribution in [0.25, 0.3) is 0 Å². The highest BCUT2D eigenvalue weighted by Crippen LogP contribution is 2.48. The molecule has 1 atom stereocenters. The highest BCUT2D eigenvalue weighted by molar-refractivity contribution is 5.69. The van der Waals surface area contributed by atoms with Crippen molar-refractivity contribution in [2.24, 2.45) is 5.41 Å². The van der Waals surface area contributed by atoms with Crippen LogP contribution in [0.3, 0.4) is 0 Å². The minimum atomic E-state index is -0.0159. The standard InChI is InChI=1S/C14H24O2/c1-2-13(15)16-12-7-6-10-14(11-12)8-4-3-5-9-14/h12H,2-11H2,1H3. The summed E-state index contributed by atoms with van der Waals surface area (Å²) in [4.78, 5) is 11.3. The largest absolute Gasteiger partial charge is 0.462 e. The van der Waals surface area contributed by atoms with Crippen molar-refractivity contribution in [1.82, 2.24) is 0 Å². The fraction of sp³-hybridized carbons (Fsp3) is 0.929. The van der Waals surface area contributed by atoms with E-state index in [0.717, 1.165) is 12.8 Å². The molecule has 92 valence electrons. The molecule has 0 heterocycles. The van der Waals surface area contributed by atoms with E-state index in [1.165, 1.54) is 44.9 Å². The molecule has 0 aromatic carbocycles. The first-order valence-electron chi connectivity index (χ1n) is 6.94. The molecule has 0 aromatic heterocycles. The number of hydrogen-bond acceptors (Lipinski definition) is 2. The molecular weight excluding hydrogens is 200 g/mol. The minimum absolute atomic E-state index is 0.0159. The summed E-state index contributed by atoms with van der Waals surface area (Å²) in [5.74, 6) is -0.0159. The van der Waals surface area contributed by atoms with Crippen LogP contribution in [0.4, 0.5) is 0 Å². The normalized spacial score (nSPS) is 28.9. The van der Waals surface area contributed by atoms with Gasteiger partial charge in [-0.2, -0.15) is 0 Å². The highest BCUT2D eigenvalue weighted by Gasteiger charge is 2.38. The molecule has 0 saturated heterocycles. The summed E-state index contributed by atoms with van der Waals surface area (Å²) < 4.78 is 5.53. The van der Waals surface area contributed by atoms with Crippen molar-refractivity contribution < 1.29 is 9.53 Å². The second-order valence-corrected chi connectivity index (χ2v) is 5.62. The molecule has 2 aliphatic carbocycles. The Hall–Kier alpha value is -0.530. The number of ether oxygens (including phenoxy) is 1. The van der Waals surface area contributed by atoms with Crippen LogP contribution < -0.4 is 0 Å². The van der Waals surface area contributed by atoms with Gasteiger partial charge in [0, 0.05) is 6.42 Å². The Balaban J connectivity index is 1.90. The van der Waals surface area contributed by atoms with E-state index >= 15 is 0 Å². The van der Waals surface area contributed by atoms with Gasteiger partial charge in [-0.1, -0.05) is 26.2 Å². The van der Waals surface area contributed by atoms with Gasteiger partial charge in [0.05, 0.1) is 0 Å². The van der Waals surface area contributed by atoms with Crippen LogP contribution in [0.1, 0.15) is 71.1 Å². The first-order chi connectivity index (χ1) is 7.74. The lowest BCUT2D eigenvalue weighted by atomic mass is 9.65. The highest BCUT2D eigenvalue weighted by atomic mass is 16.5.